The van der Waals surface area contributed by atoms with E-state index in [1.54, 1.807) is 0 Å². The van der Waals surface area contributed by atoms with Crippen molar-refractivity contribution in [2.75, 3.05) is 39.6 Å². The van der Waals surface area contributed by atoms with Crippen LogP contribution in [0.15, 0.2) is 0 Å². The second-order valence-electron chi connectivity index (χ2n) is 24.7. The lowest BCUT2D eigenvalue weighted by Crippen LogP contribution is -2.30. The van der Waals surface area contributed by atoms with Crippen LogP contribution in [0, 0.1) is 11.8 Å². The second kappa shape index (κ2) is 59.4. The van der Waals surface area contributed by atoms with Gasteiger partial charge in [-0.15, -0.1) is 0 Å². The number of hydrogen-bond acceptors (Lipinski definition) is 15. The summed E-state index contributed by atoms with van der Waals surface area (Å²) in [6.07, 6.45) is 43.5. The van der Waals surface area contributed by atoms with E-state index in [1.165, 1.54) is 122 Å². The molecule has 0 radical (unpaired) electrons. The van der Waals surface area contributed by atoms with Crippen molar-refractivity contribution in [3.8, 4) is 0 Å². The molecule has 0 spiro atoms. The van der Waals surface area contributed by atoms with Crippen molar-refractivity contribution in [1.29, 1.82) is 0 Å². The molecule has 0 bridgehead atoms. The summed E-state index contributed by atoms with van der Waals surface area (Å²) < 4.78 is 67.8. The Morgan fingerprint density at radius 3 is 0.826 bits per heavy atom. The van der Waals surface area contributed by atoms with Crippen LogP contribution in [0.3, 0.4) is 0 Å². The predicted octanol–water partition coefficient (Wildman–Crippen LogP) is 18.8. The zero-order chi connectivity index (χ0) is 63.6. The summed E-state index contributed by atoms with van der Waals surface area (Å²) in [5.74, 6) is -0.539. The van der Waals surface area contributed by atoms with E-state index in [0.29, 0.717) is 25.7 Å². The maximum atomic E-state index is 13.0. The monoisotopic (exact) mass is 1270 g/mol. The normalized spacial score (nSPS) is 14.8. The lowest BCUT2D eigenvalue weighted by Gasteiger charge is -2.21. The molecule has 0 aliphatic carbocycles. The number of phosphoric acid groups is 2. The van der Waals surface area contributed by atoms with Gasteiger partial charge in [0.15, 0.2) is 12.2 Å². The summed E-state index contributed by atoms with van der Waals surface area (Å²) in [7, 11) is -9.88. The van der Waals surface area contributed by atoms with Gasteiger partial charge in [0.2, 0.25) is 0 Å². The molecule has 0 amide bonds. The van der Waals surface area contributed by atoms with Gasteiger partial charge in [-0.05, 0) is 37.5 Å². The smallest absolute Gasteiger partial charge is 0.462 e. The van der Waals surface area contributed by atoms with Crippen molar-refractivity contribution in [1.82, 2.24) is 0 Å². The Balaban J connectivity index is 5.07. The Morgan fingerprint density at radius 1 is 0.326 bits per heavy atom. The highest BCUT2D eigenvalue weighted by Crippen LogP contribution is 2.45. The van der Waals surface area contributed by atoms with E-state index in [9.17, 15) is 43.2 Å². The fourth-order valence-corrected chi connectivity index (χ4v) is 11.6. The van der Waals surface area contributed by atoms with E-state index in [0.717, 1.165) is 134 Å². The number of carbonyl (C=O) groups is 4. The highest BCUT2D eigenvalue weighted by Gasteiger charge is 2.30. The lowest BCUT2D eigenvalue weighted by molar-refractivity contribution is -0.161. The molecule has 4 unspecified atom stereocenters. The van der Waals surface area contributed by atoms with Gasteiger partial charge in [-0.25, -0.2) is 9.13 Å². The zero-order valence-electron chi connectivity index (χ0n) is 55.6. The third-order valence-corrected chi connectivity index (χ3v) is 18.1. The number of aliphatic hydroxyl groups excluding tert-OH is 1. The van der Waals surface area contributed by atoms with Crippen LogP contribution in [-0.4, -0.2) is 96.7 Å². The van der Waals surface area contributed by atoms with E-state index in [4.69, 9.17) is 37.0 Å². The fraction of sp³-hybridized carbons (Fsp3) is 0.940. The topological polar surface area (TPSA) is 237 Å². The van der Waals surface area contributed by atoms with E-state index in [1.807, 2.05) is 0 Å². The van der Waals surface area contributed by atoms with Crippen molar-refractivity contribution in [2.45, 2.75) is 355 Å². The highest BCUT2D eigenvalue weighted by atomic mass is 31.2. The molecule has 0 saturated carbocycles. The van der Waals surface area contributed by atoms with Crippen LogP contribution in [0.2, 0.25) is 0 Å². The molecule has 3 N–H and O–H groups in total. The number of ether oxygens (including phenoxy) is 4. The number of esters is 4. The fourth-order valence-electron chi connectivity index (χ4n) is 10.00. The van der Waals surface area contributed by atoms with E-state index >= 15 is 0 Å². The van der Waals surface area contributed by atoms with Gasteiger partial charge >= 0.3 is 39.5 Å². The summed E-state index contributed by atoms with van der Waals surface area (Å²) in [5.41, 5.74) is 0. The third kappa shape index (κ3) is 58.4. The molecule has 0 rings (SSSR count). The maximum Gasteiger partial charge on any atom is 0.472 e. The minimum absolute atomic E-state index is 0.103. The standard InChI is InChI=1S/C67H130O17P2/c1-7-11-13-15-29-37-43-49-64(69)77-55-62(83-66(71)51-45-39-30-16-14-12-8-2)57-81-85(73,74)79-53-61(68)54-80-86(75,76)82-58-63(56-78-65(70)50-44-38-34-33-36-42-48-60(6)10-4)84-67(72)52-46-40-32-28-26-24-22-20-18-17-19-21-23-25-27-31-35-41-47-59(5)9-3/h59-63,68H,7-58H2,1-6H3,(H,73,74)(H,75,76)/t59?,60?,61-,62+,63+/m0/s1. The number of carbonyl (C=O) groups excluding carboxylic acids is 4. The van der Waals surface area contributed by atoms with Gasteiger partial charge in [0.1, 0.15) is 19.3 Å². The van der Waals surface area contributed by atoms with Gasteiger partial charge in [-0.3, -0.25) is 37.3 Å². The highest BCUT2D eigenvalue weighted by molar-refractivity contribution is 7.47. The summed E-state index contributed by atoms with van der Waals surface area (Å²) in [6.45, 7) is 9.46. The summed E-state index contributed by atoms with van der Waals surface area (Å²) in [6, 6.07) is 0. The number of hydrogen-bond donors (Lipinski definition) is 3. The minimum atomic E-state index is -4.95. The summed E-state index contributed by atoms with van der Waals surface area (Å²) in [4.78, 5) is 72.0. The van der Waals surface area contributed by atoms with Gasteiger partial charge < -0.3 is 33.8 Å². The van der Waals surface area contributed by atoms with Gasteiger partial charge in [0.25, 0.3) is 0 Å². The molecule has 0 aliphatic heterocycles. The van der Waals surface area contributed by atoms with Crippen molar-refractivity contribution < 1.29 is 80.2 Å². The van der Waals surface area contributed by atoms with Gasteiger partial charge in [0, 0.05) is 25.7 Å². The molecule has 19 heteroatoms. The van der Waals surface area contributed by atoms with Crippen LogP contribution >= 0.6 is 15.6 Å². The molecular weight excluding hydrogens is 1140 g/mol. The minimum Gasteiger partial charge on any atom is -0.462 e. The zero-order valence-corrected chi connectivity index (χ0v) is 57.4. The quantitative estimate of drug-likeness (QED) is 0.0222. The molecular formula is C67H130O17P2. The van der Waals surface area contributed by atoms with Crippen LogP contribution < -0.4 is 0 Å². The summed E-state index contributed by atoms with van der Waals surface area (Å²) >= 11 is 0. The number of phosphoric ester groups is 2. The number of rotatable bonds is 66. The third-order valence-electron chi connectivity index (χ3n) is 16.2. The largest absolute Gasteiger partial charge is 0.472 e. The Bertz CT molecular complexity index is 1690. The van der Waals surface area contributed by atoms with E-state index < -0.39 is 97.5 Å². The second-order valence-corrected chi connectivity index (χ2v) is 27.6. The molecule has 7 atom stereocenters. The van der Waals surface area contributed by atoms with Gasteiger partial charge in [-0.1, -0.05) is 286 Å². The first-order valence-corrected chi connectivity index (χ1v) is 38.1. The van der Waals surface area contributed by atoms with Crippen LogP contribution in [0.4, 0.5) is 0 Å². The Morgan fingerprint density at radius 2 is 0.558 bits per heavy atom. The summed E-state index contributed by atoms with van der Waals surface area (Å²) in [5, 5.41) is 10.5. The van der Waals surface area contributed by atoms with Crippen molar-refractivity contribution >= 4 is 39.5 Å². The average Bonchev–Trinajstić information content (AvgIpc) is 3.67. The first-order valence-electron chi connectivity index (χ1n) is 35.1. The molecule has 0 aromatic heterocycles. The molecule has 0 heterocycles. The van der Waals surface area contributed by atoms with E-state index in [2.05, 4.69) is 41.5 Å². The Labute approximate surface area is 524 Å². The first-order chi connectivity index (χ1) is 41.4. The van der Waals surface area contributed by atoms with Gasteiger partial charge in [0.05, 0.1) is 26.4 Å². The molecule has 86 heavy (non-hydrogen) atoms. The van der Waals surface area contributed by atoms with Crippen LogP contribution in [0.1, 0.15) is 337 Å². The average molecular weight is 1270 g/mol. The molecule has 0 aromatic carbocycles. The van der Waals surface area contributed by atoms with Gasteiger partial charge in [-0.2, -0.15) is 0 Å². The molecule has 0 aliphatic rings. The Hall–Kier alpha value is -1.94. The molecule has 17 nitrogen and oxygen atoms in total. The van der Waals surface area contributed by atoms with Crippen molar-refractivity contribution in [3.05, 3.63) is 0 Å². The van der Waals surface area contributed by atoms with Crippen LogP contribution in [0.5, 0.6) is 0 Å². The number of unbranched alkanes of at least 4 members (excludes halogenated alkanes) is 34. The van der Waals surface area contributed by atoms with E-state index in [-0.39, 0.29) is 25.7 Å². The SMILES string of the molecule is CCCCCCCCCC(=O)OC[C@H](COP(=O)(O)OC[C@H](O)COP(=O)(O)OC[C@@H](COC(=O)CCCCCCCCC(C)CC)OC(=O)CCCCCCCCCCCCCCCCCCCCC(C)CC)OC(=O)CCCCCCCCC. The lowest BCUT2D eigenvalue weighted by atomic mass is 9.99. The number of aliphatic hydroxyl groups is 1. The molecule has 510 valence electrons. The van der Waals surface area contributed by atoms with Crippen molar-refractivity contribution in [2.24, 2.45) is 11.8 Å². The molecule has 0 fully saturated rings. The molecule has 0 aromatic rings. The van der Waals surface area contributed by atoms with Crippen LogP contribution in [-0.2, 0) is 65.4 Å². The van der Waals surface area contributed by atoms with Crippen LogP contribution in [0.25, 0.3) is 0 Å². The molecule has 0 saturated heterocycles. The maximum absolute atomic E-state index is 13.0. The Kier molecular flexibility index (Phi) is 58.0. The van der Waals surface area contributed by atoms with Crippen molar-refractivity contribution in [3.63, 3.8) is 0 Å². The predicted molar refractivity (Wildman–Crippen MR) is 345 cm³/mol. The first kappa shape index (κ1) is 84.1.